The van der Waals surface area contributed by atoms with Crippen LogP contribution in [-0.4, -0.2) is 71.8 Å². The van der Waals surface area contributed by atoms with Gasteiger partial charge in [0.05, 0.1) is 13.2 Å². The fourth-order valence-electron chi connectivity index (χ4n) is 9.50. The fourth-order valence-corrected chi connectivity index (χ4v) is 10.5. The van der Waals surface area contributed by atoms with E-state index in [0.29, 0.717) is 50.2 Å². The standard InChI is InChI=1S/C59H115NO6S/c1-6-11-16-28-41-54(39-14-9-4)52-65-58(63)46-33-24-20-18-22-30-43-56(60(48-35-36-49-61)57(62)45-32-26-27-38-51-67-50-37-13-8-3)44-31-23-19-21-25-34-47-59(64)66-53-55(40-15-10-5)42-29-17-12-7-2/h54-56,61H,6-53H2,1-5H3. The number of rotatable bonds is 54. The first-order valence-corrected chi connectivity index (χ1v) is 30.8. The highest BCUT2D eigenvalue weighted by Crippen LogP contribution is 2.24. The van der Waals surface area contributed by atoms with Crippen molar-refractivity contribution in [1.82, 2.24) is 4.90 Å². The Morgan fingerprint density at radius 2 is 0.761 bits per heavy atom. The highest BCUT2D eigenvalue weighted by atomic mass is 32.2. The molecule has 67 heavy (non-hydrogen) atoms. The predicted molar refractivity (Wildman–Crippen MR) is 291 cm³/mol. The van der Waals surface area contributed by atoms with Crippen molar-refractivity contribution < 1.29 is 29.0 Å². The number of aliphatic hydroxyl groups is 1. The van der Waals surface area contributed by atoms with Crippen LogP contribution < -0.4 is 0 Å². The van der Waals surface area contributed by atoms with E-state index in [9.17, 15) is 19.5 Å². The fraction of sp³-hybridized carbons (Fsp3) is 0.949. The number of hydrogen-bond donors (Lipinski definition) is 1. The van der Waals surface area contributed by atoms with Gasteiger partial charge in [0.2, 0.25) is 5.91 Å². The number of carbonyl (C=O) groups excluding carboxylic acids is 3. The quantitative estimate of drug-likeness (QED) is 0.0479. The third-order valence-corrected chi connectivity index (χ3v) is 15.2. The summed E-state index contributed by atoms with van der Waals surface area (Å²) in [7, 11) is 0. The number of amides is 1. The maximum Gasteiger partial charge on any atom is 0.305 e. The van der Waals surface area contributed by atoms with E-state index in [4.69, 9.17) is 9.47 Å². The third-order valence-electron chi connectivity index (χ3n) is 14.1. The second-order valence-corrected chi connectivity index (χ2v) is 21.8. The first kappa shape index (κ1) is 65.7. The zero-order valence-corrected chi connectivity index (χ0v) is 46.3. The summed E-state index contributed by atoms with van der Waals surface area (Å²) in [6, 6.07) is 0.260. The molecule has 0 spiro atoms. The molecule has 7 nitrogen and oxygen atoms in total. The van der Waals surface area contributed by atoms with Crippen molar-refractivity contribution in [3.63, 3.8) is 0 Å². The second-order valence-electron chi connectivity index (χ2n) is 20.6. The van der Waals surface area contributed by atoms with Crippen LogP contribution in [0.4, 0.5) is 0 Å². The third kappa shape index (κ3) is 44.4. The molecule has 0 aromatic rings. The van der Waals surface area contributed by atoms with Gasteiger partial charge in [0.25, 0.3) is 0 Å². The molecule has 8 heteroatoms. The molecule has 0 aliphatic heterocycles. The lowest BCUT2D eigenvalue weighted by molar-refractivity contribution is -0.146. The van der Waals surface area contributed by atoms with E-state index in [0.717, 1.165) is 109 Å². The van der Waals surface area contributed by atoms with Crippen LogP contribution in [-0.2, 0) is 23.9 Å². The highest BCUT2D eigenvalue weighted by Gasteiger charge is 2.23. The normalized spacial score (nSPS) is 12.9. The maximum absolute atomic E-state index is 13.9. The maximum atomic E-state index is 13.9. The molecular formula is C59H115NO6S. The number of esters is 2. The van der Waals surface area contributed by atoms with Crippen molar-refractivity contribution >= 4 is 29.6 Å². The SMILES string of the molecule is CCCCCCC(CCCC)COC(=O)CCCCCCCCC(CCCCCCCCC(=O)OCC(CCCC)CCCCCC)N(CCCCO)C(=O)CCCCCCSCCCCC. The van der Waals surface area contributed by atoms with Gasteiger partial charge in [0.1, 0.15) is 0 Å². The van der Waals surface area contributed by atoms with E-state index in [1.165, 1.54) is 159 Å². The smallest absolute Gasteiger partial charge is 0.305 e. The minimum atomic E-state index is -0.0183. The summed E-state index contributed by atoms with van der Waals surface area (Å²) >= 11 is 2.09. The number of nitrogens with zero attached hydrogens (tertiary/aromatic N) is 1. The van der Waals surface area contributed by atoms with Gasteiger partial charge in [-0.15, -0.1) is 0 Å². The molecule has 0 aromatic carbocycles. The molecule has 2 atom stereocenters. The Labute approximate surface area is 421 Å². The number of hydrogen-bond acceptors (Lipinski definition) is 7. The Hall–Kier alpha value is -1.28. The molecule has 0 saturated carbocycles. The number of thioether (sulfide) groups is 1. The first-order chi connectivity index (χ1) is 32.9. The molecule has 0 radical (unpaired) electrons. The molecule has 0 aliphatic carbocycles. The molecular weight excluding hydrogens is 851 g/mol. The van der Waals surface area contributed by atoms with Crippen LogP contribution in [0.3, 0.4) is 0 Å². The summed E-state index contributed by atoms with van der Waals surface area (Å²) in [6.45, 7) is 13.4. The van der Waals surface area contributed by atoms with Gasteiger partial charge in [0.15, 0.2) is 0 Å². The van der Waals surface area contributed by atoms with Crippen molar-refractivity contribution in [3.8, 4) is 0 Å². The molecule has 0 heterocycles. The zero-order valence-electron chi connectivity index (χ0n) is 45.5. The van der Waals surface area contributed by atoms with Crippen LogP contribution in [0.2, 0.25) is 0 Å². The molecule has 0 saturated heterocycles. The highest BCUT2D eigenvalue weighted by molar-refractivity contribution is 7.99. The predicted octanol–water partition coefficient (Wildman–Crippen LogP) is 17.7. The topological polar surface area (TPSA) is 93.1 Å². The second kappa shape index (κ2) is 52.5. The van der Waals surface area contributed by atoms with Crippen molar-refractivity contribution in [1.29, 1.82) is 0 Å². The molecule has 0 aromatic heterocycles. The molecule has 1 amide bonds. The largest absolute Gasteiger partial charge is 0.465 e. The van der Waals surface area contributed by atoms with E-state index in [-0.39, 0.29) is 24.6 Å². The van der Waals surface area contributed by atoms with Crippen LogP contribution in [0.1, 0.15) is 304 Å². The lowest BCUT2D eigenvalue weighted by Crippen LogP contribution is -2.41. The van der Waals surface area contributed by atoms with Crippen LogP contribution in [0.5, 0.6) is 0 Å². The summed E-state index contributed by atoms with van der Waals surface area (Å²) in [5.41, 5.74) is 0. The van der Waals surface area contributed by atoms with Crippen molar-refractivity contribution in [2.24, 2.45) is 11.8 Å². The van der Waals surface area contributed by atoms with E-state index in [1.54, 1.807) is 0 Å². The van der Waals surface area contributed by atoms with E-state index in [1.807, 2.05) is 0 Å². The van der Waals surface area contributed by atoms with Crippen LogP contribution in [0.15, 0.2) is 0 Å². The van der Waals surface area contributed by atoms with Crippen molar-refractivity contribution in [2.45, 2.75) is 310 Å². The van der Waals surface area contributed by atoms with Crippen LogP contribution >= 0.6 is 11.8 Å². The Kier molecular flexibility index (Phi) is 51.5. The average molecular weight is 967 g/mol. The Balaban J connectivity index is 4.98. The Bertz CT molecular complexity index is 1000. The molecule has 2 unspecified atom stereocenters. The van der Waals surface area contributed by atoms with E-state index in [2.05, 4.69) is 51.3 Å². The number of ether oxygens (including phenoxy) is 2. The summed E-state index contributed by atoms with van der Waals surface area (Å²) in [5.74, 6) is 3.83. The van der Waals surface area contributed by atoms with Gasteiger partial charge in [-0.2, -0.15) is 11.8 Å². The number of carbonyl (C=O) groups is 3. The minimum Gasteiger partial charge on any atom is -0.465 e. The number of unbranched alkanes of at least 4 members (excludes halogenated alkanes) is 24. The van der Waals surface area contributed by atoms with Gasteiger partial charge >= 0.3 is 11.9 Å². The molecule has 0 aliphatic rings. The summed E-state index contributed by atoms with van der Waals surface area (Å²) < 4.78 is 11.6. The van der Waals surface area contributed by atoms with Gasteiger partial charge in [-0.25, -0.2) is 0 Å². The lowest BCUT2D eigenvalue weighted by atomic mass is 9.96. The monoisotopic (exact) mass is 966 g/mol. The average Bonchev–Trinajstić information content (AvgIpc) is 3.33. The summed E-state index contributed by atoms with van der Waals surface area (Å²) in [6.07, 6.45) is 46.7. The first-order valence-electron chi connectivity index (χ1n) is 29.7. The van der Waals surface area contributed by atoms with Crippen LogP contribution in [0.25, 0.3) is 0 Å². The molecule has 1 N–H and O–H groups in total. The Morgan fingerprint density at radius 1 is 0.403 bits per heavy atom. The van der Waals surface area contributed by atoms with E-state index < -0.39 is 0 Å². The number of aliphatic hydroxyl groups excluding tert-OH is 1. The van der Waals surface area contributed by atoms with Gasteiger partial charge < -0.3 is 19.5 Å². The molecule has 0 rings (SSSR count). The van der Waals surface area contributed by atoms with Crippen LogP contribution in [0, 0.1) is 11.8 Å². The van der Waals surface area contributed by atoms with Gasteiger partial charge in [-0.1, -0.05) is 202 Å². The molecule has 0 bridgehead atoms. The van der Waals surface area contributed by atoms with Gasteiger partial charge in [-0.05, 0) is 107 Å². The van der Waals surface area contributed by atoms with Crippen molar-refractivity contribution in [3.05, 3.63) is 0 Å². The summed E-state index contributed by atoms with van der Waals surface area (Å²) in [4.78, 5) is 41.4. The van der Waals surface area contributed by atoms with E-state index >= 15 is 0 Å². The zero-order chi connectivity index (χ0) is 49.1. The lowest BCUT2D eigenvalue weighted by Gasteiger charge is -2.33. The van der Waals surface area contributed by atoms with Crippen molar-refractivity contribution in [2.75, 3.05) is 37.9 Å². The Morgan fingerprint density at radius 3 is 1.22 bits per heavy atom. The minimum absolute atomic E-state index is 0.0183. The molecule has 0 fully saturated rings. The summed E-state index contributed by atoms with van der Waals surface area (Å²) in [5, 5.41) is 9.63. The molecule has 398 valence electrons. The van der Waals surface area contributed by atoms with Gasteiger partial charge in [-0.3, -0.25) is 14.4 Å². The van der Waals surface area contributed by atoms with Gasteiger partial charge in [0, 0.05) is 38.5 Å².